The van der Waals surface area contributed by atoms with E-state index in [4.69, 9.17) is 16.3 Å². The second kappa shape index (κ2) is 9.38. The van der Waals surface area contributed by atoms with Gasteiger partial charge in [-0.25, -0.2) is 9.97 Å². The topological polar surface area (TPSA) is 113 Å². The molecule has 9 nitrogen and oxygen atoms in total. The van der Waals surface area contributed by atoms with E-state index in [0.717, 1.165) is 10.7 Å². The first-order chi connectivity index (χ1) is 15.7. The number of fused-ring (bicyclic) bond motifs is 1. The smallest absolute Gasteiger partial charge is 0.287 e. The van der Waals surface area contributed by atoms with Crippen molar-refractivity contribution >= 4 is 66.3 Å². The number of benzene rings is 2. The third-order valence-electron chi connectivity index (χ3n) is 4.45. The predicted molar refractivity (Wildman–Crippen MR) is 132 cm³/mol. The minimum Gasteiger partial charge on any atom is -0.436 e. The molecule has 0 fully saturated rings. The zero-order valence-electron chi connectivity index (χ0n) is 16.7. The molecule has 0 aliphatic heterocycles. The van der Waals surface area contributed by atoms with Gasteiger partial charge in [0.15, 0.2) is 5.75 Å². The van der Waals surface area contributed by atoms with E-state index >= 15 is 0 Å². The van der Waals surface area contributed by atoms with Gasteiger partial charge < -0.3 is 4.74 Å². The van der Waals surface area contributed by atoms with Gasteiger partial charge in [-0.2, -0.15) is 9.78 Å². The Bertz CT molecular complexity index is 1470. The molecule has 2 aromatic carbocycles. The Labute approximate surface area is 208 Å². The molecule has 0 aliphatic carbocycles. The van der Waals surface area contributed by atoms with E-state index in [1.165, 1.54) is 23.0 Å². The summed E-state index contributed by atoms with van der Waals surface area (Å²) >= 11 is 13.1. The van der Waals surface area contributed by atoms with Crippen LogP contribution in [0.3, 0.4) is 0 Å². The Hall–Kier alpha value is -3.15. The Morgan fingerprint density at radius 3 is 2.67 bits per heavy atom. The molecule has 166 valence electrons. The maximum absolute atomic E-state index is 12.9. The second-order valence-corrected chi connectivity index (χ2v) is 8.89. The van der Waals surface area contributed by atoms with Crippen LogP contribution in [0.15, 0.2) is 67.5 Å². The van der Waals surface area contributed by atoms with Crippen molar-refractivity contribution in [2.24, 2.45) is 5.10 Å². The van der Waals surface area contributed by atoms with E-state index in [2.05, 4.69) is 46.9 Å². The standard InChI is InChI=1S/C21H12Br2ClN5O4/c1-11-27-18-4-2-13(22)8-15(18)21(30)28(11)26-9-12-6-16(23)20(17(24)7-12)33-19-5-3-14(10-25-19)29(31)32/h2-10H,1H3. The molecule has 0 aliphatic rings. The average Bonchev–Trinajstić information content (AvgIpc) is 2.77. The molecule has 0 unspecified atom stereocenters. The zero-order valence-corrected chi connectivity index (χ0v) is 20.6. The fraction of sp³-hybridized carbons (Fsp3) is 0.0476. The molecule has 0 bridgehead atoms. The van der Waals surface area contributed by atoms with Crippen LogP contribution in [-0.4, -0.2) is 25.8 Å². The number of pyridine rings is 1. The summed E-state index contributed by atoms with van der Waals surface area (Å²) in [6, 6.07) is 11.2. The summed E-state index contributed by atoms with van der Waals surface area (Å²) in [7, 11) is 0. The summed E-state index contributed by atoms with van der Waals surface area (Å²) in [4.78, 5) is 31.4. The van der Waals surface area contributed by atoms with Gasteiger partial charge in [-0.3, -0.25) is 14.9 Å². The highest BCUT2D eigenvalue weighted by Gasteiger charge is 2.13. The van der Waals surface area contributed by atoms with Crippen molar-refractivity contribution in [2.75, 3.05) is 0 Å². The molecule has 12 heteroatoms. The van der Waals surface area contributed by atoms with Crippen molar-refractivity contribution in [2.45, 2.75) is 6.92 Å². The molecule has 2 heterocycles. The van der Waals surface area contributed by atoms with Gasteiger partial charge in [0.2, 0.25) is 5.88 Å². The van der Waals surface area contributed by atoms with Gasteiger partial charge in [0.1, 0.15) is 12.0 Å². The van der Waals surface area contributed by atoms with Crippen molar-refractivity contribution in [3.05, 3.63) is 94.5 Å². The summed E-state index contributed by atoms with van der Waals surface area (Å²) in [5.74, 6) is 0.848. The van der Waals surface area contributed by atoms with Gasteiger partial charge in [-0.1, -0.05) is 27.5 Å². The van der Waals surface area contributed by atoms with E-state index in [1.54, 1.807) is 31.2 Å². The number of ether oxygens (including phenoxy) is 1. The van der Waals surface area contributed by atoms with Crippen LogP contribution in [0.4, 0.5) is 5.69 Å². The maximum Gasteiger partial charge on any atom is 0.287 e. The molecule has 0 spiro atoms. The highest BCUT2D eigenvalue weighted by molar-refractivity contribution is 9.10. The number of hydrogen-bond donors (Lipinski definition) is 0. The van der Waals surface area contributed by atoms with E-state index < -0.39 is 4.92 Å². The molecule has 0 saturated carbocycles. The minimum absolute atomic E-state index is 0.139. The number of halogens is 3. The number of nitro groups is 1. The molecule has 0 N–H and O–H groups in total. The SMILES string of the molecule is Cc1nc2ccc(Br)cc2c(=O)n1N=Cc1cc(Cl)c(Oc2ccc([N+](=O)[O-])cn2)c(Br)c1. The molecule has 0 amide bonds. The molecule has 0 saturated heterocycles. The highest BCUT2D eigenvalue weighted by atomic mass is 79.9. The zero-order chi connectivity index (χ0) is 23.7. The van der Waals surface area contributed by atoms with E-state index in [0.29, 0.717) is 26.8 Å². The van der Waals surface area contributed by atoms with E-state index in [9.17, 15) is 14.9 Å². The summed E-state index contributed by atoms with van der Waals surface area (Å²) < 4.78 is 8.14. The van der Waals surface area contributed by atoms with Gasteiger partial charge in [-0.05, 0) is 58.7 Å². The van der Waals surface area contributed by atoms with E-state index in [1.807, 2.05) is 6.07 Å². The van der Waals surface area contributed by atoms with Crippen LogP contribution in [0, 0.1) is 17.0 Å². The molecule has 2 aromatic heterocycles. The number of aryl methyl sites for hydroxylation is 1. The van der Waals surface area contributed by atoms with Crippen molar-refractivity contribution in [1.82, 2.24) is 14.6 Å². The molecular weight excluding hydrogens is 582 g/mol. The highest BCUT2D eigenvalue weighted by Crippen LogP contribution is 2.37. The van der Waals surface area contributed by atoms with Gasteiger partial charge >= 0.3 is 0 Å². The Morgan fingerprint density at radius 1 is 1.21 bits per heavy atom. The van der Waals surface area contributed by atoms with Crippen LogP contribution in [0.2, 0.25) is 5.02 Å². The largest absolute Gasteiger partial charge is 0.436 e. The Balaban J connectivity index is 1.63. The maximum atomic E-state index is 12.9. The lowest BCUT2D eigenvalue weighted by molar-refractivity contribution is -0.385. The lowest BCUT2D eigenvalue weighted by Gasteiger charge is -2.10. The van der Waals surface area contributed by atoms with Crippen molar-refractivity contribution in [1.29, 1.82) is 0 Å². The van der Waals surface area contributed by atoms with Crippen molar-refractivity contribution in [3.8, 4) is 11.6 Å². The third-order valence-corrected chi connectivity index (χ3v) is 5.81. The van der Waals surface area contributed by atoms with Crippen LogP contribution < -0.4 is 10.3 Å². The molecule has 4 aromatic rings. The number of hydrogen-bond acceptors (Lipinski definition) is 7. The average molecular weight is 594 g/mol. The lowest BCUT2D eigenvalue weighted by atomic mass is 10.2. The fourth-order valence-corrected chi connectivity index (χ4v) is 4.22. The summed E-state index contributed by atoms with van der Waals surface area (Å²) in [5.41, 5.74) is 0.723. The summed E-state index contributed by atoms with van der Waals surface area (Å²) in [6.45, 7) is 1.69. The Morgan fingerprint density at radius 2 is 2.00 bits per heavy atom. The minimum atomic E-state index is -0.551. The number of aromatic nitrogens is 3. The quantitative estimate of drug-likeness (QED) is 0.163. The molecule has 0 atom stereocenters. The lowest BCUT2D eigenvalue weighted by Crippen LogP contribution is -2.20. The van der Waals surface area contributed by atoms with Crippen molar-refractivity contribution < 1.29 is 9.66 Å². The van der Waals surface area contributed by atoms with Gasteiger partial charge in [0.25, 0.3) is 11.2 Å². The van der Waals surface area contributed by atoms with Gasteiger partial charge in [0, 0.05) is 16.6 Å². The molecule has 33 heavy (non-hydrogen) atoms. The third kappa shape index (κ3) is 4.95. The van der Waals surface area contributed by atoms with Crippen LogP contribution >= 0.6 is 43.5 Å². The molecular formula is C21H12Br2ClN5O4. The van der Waals surface area contributed by atoms with Gasteiger partial charge in [-0.15, -0.1) is 0 Å². The summed E-state index contributed by atoms with van der Waals surface area (Å²) in [5, 5.41) is 15.7. The van der Waals surface area contributed by atoms with Gasteiger partial charge in [0.05, 0.1) is 31.5 Å². The van der Waals surface area contributed by atoms with Crippen LogP contribution in [0.25, 0.3) is 10.9 Å². The first-order valence-corrected chi connectivity index (χ1v) is 11.2. The predicted octanol–water partition coefficient (Wildman–Crippen LogP) is 5.86. The monoisotopic (exact) mass is 591 g/mol. The second-order valence-electron chi connectivity index (χ2n) is 6.71. The first kappa shape index (κ1) is 23.0. The van der Waals surface area contributed by atoms with Crippen LogP contribution in [0.1, 0.15) is 11.4 Å². The first-order valence-electron chi connectivity index (χ1n) is 9.23. The Kier molecular flexibility index (Phi) is 6.54. The molecule has 4 rings (SSSR count). The summed E-state index contributed by atoms with van der Waals surface area (Å²) in [6.07, 6.45) is 2.57. The van der Waals surface area contributed by atoms with Crippen LogP contribution in [-0.2, 0) is 0 Å². The number of nitrogens with zero attached hydrogens (tertiary/aromatic N) is 5. The van der Waals surface area contributed by atoms with Crippen molar-refractivity contribution in [3.63, 3.8) is 0 Å². The number of rotatable bonds is 5. The van der Waals surface area contributed by atoms with E-state index in [-0.39, 0.29) is 27.9 Å². The van der Waals surface area contributed by atoms with Crippen LogP contribution in [0.5, 0.6) is 11.6 Å². The fourth-order valence-electron chi connectivity index (χ4n) is 2.92. The normalized spacial score (nSPS) is 11.3. The molecule has 0 radical (unpaired) electrons.